The molecule has 0 aliphatic heterocycles. The predicted molar refractivity (Wildman–Crippen MR) is 106 cm³/mol. The first-order chi connectivity index (χ1) is 13.4. The summed E-state index contributed by atoms with van der Waals surface area (Å²) in [6.07, 6.45) is 6.05. The van der Waals surface area contributed by atoms with Gasteiger partial charge in [-0.15, -0.1) is 13.2 Å². The van der Waals surface area contributed by atoms with Crippen LogP contribution in [0.2, 0.25) is 0 Å². The summed E-state index contributed by atoms with van der Waals surface area (Å²) < 4.78 is 41.3. The van der Waals surface area contributed by atoms with Gasteiger partial charge in [-0.05, 0) is 84.2 Å². The molecule has 0 spiro atoms. The fourth-order valence-electron chi connectivity index (χ4n) is 5.65. The summed E-state index contributed by atoms with van der Waals surface area (Å²) in [6.45, 7) is 2.29. The molecular weight excluding hydrogens is 361 g/mol. The summed E-state index contributed by atoms with van der Waals surface area (Å²) in [5.41, 5.74) is 1.34. The largest absolute Gasteiger partial charge is 0.573 e. The molecule has 4 atom stereocenters. The zero-order valence-corrected chi connectivity index (χ0v) is 16.5. The van der Waals surface area contributed by atoms with Crippen LogP contribution in [0.15, 0.2) is 36.4 Å². The van der Waals surface area contributed by atoms with Crippen molar-refractivity contribution in [3.05, 3.63) is 42.0 Å². The van der Waals surface area contributed by atoms with Gasteiger partial charge >= 0.3 is 6.36 Å². The lowest BCUT2D eigenvalue weighted by atomic mass is 9.63. The molecule has 0 heterocycles. The minimum absolute atomic E-state index is 0.155. The Labute approximate surface area is 165 Å². The van der Waals surface area contributed by atoms with E-state index in [-0.39, 0.29) is 5.75 Å². The molecule has 2 aromatic carbocycles. The van der Waals surface area contributed by atoms with Crippen LogP contribution in [0.25, 0.3) is 10.8 Å². The van der Waals surface area contributed by atoms with Gasteiger partial charge in [0.05, 0.1) is 0 Å². The van der Waals surface area contributed by atoms with Gasteiger partial charge in [-0.1, -0.05) is 50.5 Å². The van der Waals surface area contributed by atoms with Gasteiger partial charge in [0, 0.05) is 0 Å². The number of halogens is 3. The summed E-state index contributed by atoms with van der Waals surface area (Å²) in [5.74, 6) is 3.13. The van der Waals surface area contributed by atoms with E-state index in [1.807, 2.05) is 6.07 Å². The molecule has 4 heteroatoms. The quantitative estimate of drug-likeness (QED) is 0.517. The highest BCUT2D eigenvalue weighted by Crippen LogP contribution is 2.48. The molecule has 1 nitrogen and oxygen atoms in total. The molecule has 0 radical (unpaired) electrons. The van der Waals surface area contributed by atoms with Crippen LogP contribution in [0.5, 0.6) is 5.75 Å². The Bertz CT molecular complexity index is 813. The summed E-state index contributed by atoms with van der Waals surface area (Å²) in [7, 11) is 0. The zero-order valence-electron chi connectivity index (χ0n) is 16.5. The average molecular weight is 390 g/mol. The molecule has 4 rings (SSSR count). The molecule has 2 saturated carbocycles. The van der Waals surface area contributed by atoms with E-state index in [1.54, 1.807) is 6.07 Å². The van der Waals surface area contributed by atoms with Crippen molar-refractivity contribution < 1.29 is 17.9 Å². The van der Waals surface area contributed by atoms with E-state index >= 15 is 0 Å². The lowest BCUT2D eigenvalue weighted by Crippen LogP contribution is -2.30. The lowest BCUT2D eigenvalue weighted by molar-refractivity contribution is -0.274. The van der Waals surface area contributed by atoms with E-state index in [0.29, 0.717) is 5.92 Å². The SMILES string of the molecule is CCC[C@@H]1CC[C@@H]2CC(c3ccc4cc(OC(F)(F)F)ccc4c3)CCC2C1. The number of rotatable bonds is 4. The molecule has 0 saturated heterocycles. The number of hydrogen-bond acceptors (Lipinski definition) is 1. The number of alkyl halides is 3. The summed E-state index contributed by atoms with van der Waals surface area (Å²) in [4.78, 5) is 0. The zero-order chi connectivity index (χ0) is 19.7. The normalized spacial score (nSPS) is 28.1. The highest BCUT2D eigenvalue weighted by atomic mass is 19.4. The fraction of sp³-hybridized carbons (Fsp3) is 0.583. The van der Waals surface area contributed by atoms with Crippen molar-refractivity contribution in [1.29, 1.82) is 0 Å². The van der Waals surface area contributed by atoms with Gasteiger partial charge in [0.15, 0.2) is 0 Å². The van der Waals surface area contributed by atoms with Gasteiger partial charge < -0.3 is 4.74 Å². The Kier molecular flexibility index (Phi) is 5.57. The van der Waals surface area contributed by atoms with Crippen LogP contribution < -0.4 is 4.74 Å². The third kappa shape index (κ3) is 4.47. The van der Waals surface area contributed by atoms with E-state index < -0.39 is 6.36 Å². The smallest absolute Gasteiger partial charge is 0.406 e. The molecule has 2 aliphatic carbocycles. The predicted octanol–water partition coefficient (Wildman–Crippen LogP) is 7.84. The lowest BCUT2D eigenvalue weighted by Gasteiger charge is -2.42. The molecular formula is C24H29F3O. The van der Waals surface area contributed by atoms with E-state index in [1.165, 1.54) is 69.1 Å². The van der Waals surface area contributed by atoms with E-state index in [2.05, 4.69) is 23.8 Å². The van der Waals surface area contributed by atoms with Crippen molar-refractivity contribution in [2.24, 2.45) is 17.8 Å². The van der Waals surface area contributed by atoms with Gasteiger partial charge in [-0.2, -0.15) is 0 Å². The Balaban J connectivity index is 1.45. The molecule has 0 N–H and O–H groups in total. The topological polar surface area (TPSA) is 9.23 Å². The van der Waals surface area contributed by atoms with Crippen molar-refractivity contribution in [1.82, 2.24) is 0 Å². The first-order valence-corrected chi connectivity index (χ1v) is 10.7. The average Bonchev–Trinajstić information content (AvgIpc) is 2.66. The first kappa shape index (κ1) is 19.6. The van der Waals surface area contributed by atoms with E-state index in [4.69, 9.17) is 0 Å². The highest BCUT2D eigenvalue weighted by Gasteiger charge is 2.35. The second-order valence-electron chi connectivity index (χ2n) is 8.81. The monoisotopic (exact) mass is 390 g/mol. The minimum atomic E-state index is -4.65. The number of benzene rings is 2. The van der Waals surface area contributed by atoms with Gasteiger partial charge in [-0.3, -0.25) is 0 Å². The molecule has 0 bridgehead atoms. The van der Waals surface area contributed by atoms with Crippen molar-refractivity contribution in [3.63, 3.8) is 0 Å². The summed E-state index contributed by atoms with van der Waals surface area (Å²) in [5, 5.41) is 1.78. The van der Waals surface area contributed by atoms with Crippen LogP contribution in [-0.2, 0) is 0 Å². The standard InChI is InChI=1S/C24H29F3O/c1-2-3-16-4-5-18-13-19(7-6-17(18)12-16)20-8-9-22-15-23(28-24(25,26)27)11-10-21(22)14-20/h8-11,14-19H,2-7,12-13H2,1H3/t16-,17?,18-,19?/m1/s1. The second-order valence-corrected chi connectivity index (χ2v) is 8.81. The van der Waals surface area contributed by atoms with Crippen LogP contribution in [0.1, 0.15) is 69.8 Å². The van der Waals surface area contributed by atoms with Gasteiger partial charge in [0.2, 0.25) is 0 Å². The van der Waals surface area contributed by atoms with Crippen LogP contribution >= 0.6 is 0 Å². The fourth-order valence-corrected chi connectivity index (χ4v) is 5.65. The number of ether oxygens (including phenoxy) is 1. The maximum Gasteiger partial charge on any atom is 0.573 e. The summed E-state index contributed by atoms with van der Waals surface area (Å²) in [6, 6.07) is 10.8. The molecule has 2 unspecified atom stereocenters. The Hall–Kier alpha value is -1.71. The molecule has 0 amide bonds. The van der Waals surface area contributed by atoms with Gasteiger partial charge in [-0.25, -0.2) is 0 Å². The van der Waals surface area contributed by atoms with Crippen molar-refractivity contribution in [2.75, 3.05) is 0 Å². The molecule has 152 valence electrons. The number of fused-ring (bicyclic) bond motifs is 2. The highest BCUT2D eigenvalue weighted by molar-refractivity contribution is 5.84. The van der Waals surface area contributed by atoms with E-state index in [0.717, 1.165) is 28.5 Å². The van der Waals surface area contributed by atoms with Crippen molar-refractivity contribution >= 4 is 10.8 Å². The van der Waals surface area contributed by atoms with E-state index in [9.17, 15) is 13.2 Å². The second kappa shape index (κ2) is 7.96. The molecule has 28 heavy (non-hydrogen) atoms. The summed E-state index contributed by atoms with van der Waals surface area (Å²) >= 11 is 0. The Morgan fingerprint density at radius 1 is 0.893 bits per heavy atom. The van der Waals surface area contributed by atoms with Crippen LogP contribution in [0.4, 0.5) is 13.2 Å². The maximum atomic E-state index is 12.4. The number of hydrogen-bond donors (Lipinski definition) is 0. The van der Waals surface area contributed by atoms with Crippen LogP contribution in [0.3, 0.4) is 0 Å². The first-order valence-electron chi connectivity index (χ1n) is 10.7. The minimum Gasteiger partial charge on any atom is -0.406 e. The van der Waals surface area contributed by atoms with Crippen LogP contribution in [-0.4, -0.2) is 6.36 Å². The van der Waals surface area contributed by atoms with Gasteiger partial charge in [0.25, 0.3) is 0 Å². The van der Waals surface area contributed by atoms with Crippen LogP contribution in [0, 0.1) is 17.8 Å². The van der Waals surface area contributed by atoms with Crippen molar-refractivity contribution in [3.8, 4) is 5.75 Å². The van der Waals surface area contributed by atoms with Gasteiger partial charge in [0.1, 0.15) is 5.75 Å². The third-order valence-corrected chi connectivity index (χ3v) is 6.96. The molecule has 2 fully saturated rings. The van der Waals surface area contributed by atoms with Crippen molar-refractivity contribution in [2.45, 2.75) is 70.6 Å². The molecule has 2 aliphatic rings. The third-order valence-electron chi connectivity index (χ3n) is 6.96. The molecule has 0 aromatic heterocycles. The molecule has 2 aromatic rings. The maximum absolute atomic E-state index is 12.4. The Morgan fingerprint density at radius 3 is 2.39 bits per heavy atom. The Morgan fingerprint density at radius 2 is 1.61 bits per heavy atom.